The van der Waals surface area contributed by atoms with Crippen molar-refractivity contribution in [3.8, 4) is 0 Å². The van der Waals surface area contributed by atoms with Crippen molar-refractivity contribution in [3.63, 3.8) is 0 Å². The summed E-state index contributed by atoms with van der Waals surface area (Å²) in [5.41, 5.74) is -0.624. The van der Waals surface area contributed by atoms with Crippen molar-refractivity contribution >= 4 is 17.3 Å². The molecule has 80 valence electrons. The summed E-state index contributed by atoms with van der Waals surface area (Å²) in [5, 5.41) is 0. The lowest BCUT2D eigenvalue weighted by molar-refractivity contribution is -0.132. The number of hydrogen-bond acceptors (Lipinski definition) is 3. The van der Waals surface area contributed by atoms with Gasteiger partial charge >= 0.3 is 0 Å². The molecule has 0 aromatic carbocycles. The zero-order valence-corrected chi connectivity index (χ0v) is 9.35. The number of ketones is 3. The molecule has 14 heavy (non-hydrogen) atoms. The van der Waals surface area contributed by atoms with Gasteiger partial charge in [0.25, 0.3) is 0 Å². The maximum absolute atomic E-state index is 11.6. The molecule has 0 aliphatic carbocycles. The zero-order chi connectivity index (χ0) is 11.4. The van der Waals surface area contributed by atoms with Crippen molar-refractivity contribution in [3.05, 3.63) is 0 Å². The highest BCUT2D eigenvalue weighted by molar-refractivity contribution is 5.91. The standard InChI is InChI=1S/C11H18O3/c1-8(12)5-6-10(14)11(3,4)7-9(2)13/h5-7H2,1-4H3. The van der Waals surface area contributed by atoms with Crippen molar-refractivity contribution in [2.75, 3.05) is 0 Å². The summed E-state index contributed by atoms with van der Waals surface area (Å²) in [6.45, 7) is 6.43. The van der Waals surface area contributed by atoms with Gasteiger partial charge in [0.15, 0.2) is 0 Å². The van der Waals surface area contributed by atoms with Crippen LogP contribution in [0.1, 0.15) is 47.0 Å². The fraction of sp³-hybridized carbons (Fsp3) is 0.727. The van der Waals surface area contributed by atoms with Crippen LogP contribution in [-0.2, 0) is 14.4 Å². The van der Waals surface area contributed by atoms with Crippen LogP contribution in [0.25, 0.3) is 0 Å². The summed E-state index contributed by atoms with van der Waals surface area (Å²) >= 11 is 0. The molecular formula is C11H18O3. The van der Waals surface area contributed by atoms with Gasteiger partial charge in [0.1, 0.15) is 17.3 Å². The van der Waals surface area contributed by atoms with E-state index in [0.29, 0.717) is 0 Å². The van der Waals surface area contributed by atoms with Crippen LogP contribution in [0.2, 0.25) is 0 Å². The Morgan fingerprint density at radius 3 is 1.79 bits per heavy atom. The lowest BCUT2D eigenvalue weighted by Gasteiger charge is -2.21. The predicted octanol–water partition coefficient (Wildman–Crippen LogP) is 1.93. The lowest BCUT2D eigenvalue weighted by atomic mass is 9.81. The first kappa shape index (κ1) is 13.0. The molecule has 0 N–H and O–H groups in total. The highest BCUT2D eigenvalue weighted by atomic mass is 16.1. The molecule has 0 amide bonds. The van der Waals surface area contributed by atoms with Crippen molar-refractivity contribution in [1.29, 1.82) is 0 Å². The zero-order valence-electron chi connectivity index (χ0n) is 9.35. The summed E-state index contributed by atoms with van der Waals surface area (Å²) < 4.78 is 0. The fourth-order valence-electron chi connectivity index (χ4n) is 1.35. The third kappa shape index (κ3) is 4.90. The third-order valence-corrected chi connectivity index (χ3v) is 2.15. The van der Waals surface area contributed by atoms with E-state index in [1.54, 1.807) is 13.8 Å². The normalized spacial score (nSPS) is 11.1. The van der Waals surface area contributed by atoms with Crippen LogP contribution in [0.4, 0.5) is 0 Å². The van der Waals surface area contributed by atoms with Gasteiger partial charge in [-0.25, -0.2) is 0 Å². The van der Waals surface area contributed by atoms with Crippen LogP contribution in [0.3, 0.4) is 0 Å². The number of rotatable bonds is 6. The second-order valence-corrected chi connectivity index (χ2v) is 4.39. The summed E-state index contributed by atoms with van der Waals surface area (Å²) in [5.74, 6) is 0.00560. The van der Waals surface area contributed by atoms with Gasteiger partial charge in [-0.1, -0.05) is 13.8 Å². The van der Waals surface area contributed by atoms with Crippen molar-refractivity contribution < 1.29 is 14.4 Å². The molecule has 0 bridgehead atoms. The fourth-order valence-corrected chi connectivity index (χ4v) is 1.35. The average Bonchev–Trinajstić information content (AvgIpc) is 1.97. The second-order valence-electron chi connectivity index (χ2n) is 4.39. The Morgan fingerprint density at radius 1 is 0.929 bits per heavy atom. The van der Waals surface area contributed by atoms with Crippen LogP contribution in [0, 0.1) is 5.41 Å². The molecule has 0 radical (unpaired) electrons. The molecule has 0 fully saturated rings. The highest BCUT2D eigenvalue weighted by Gasteiger charge is 2.28. The summed E-state index contributed by atoms with van der Waals surface area (Å²) in [6.07, 6.45) is 0.777. The Hall–Kier alpha value is -0.990. The molecule has 0 rings (SSSR count). The molecule has 0 spiro atoms. The van der Waals surface area contributed by atoms with Gasteiger partial charge in [-0.15, -0.1) is 0 Å². The lowest BCUT2D eigenvalue weighted by Crippen LogP contribution is -2.26. The number of hydrogen-bond donors (Lipinski definition) is 0. The maximum Gasteiger partial charge on any atom is 0.139 e. The van der Waals surface area contributed by atoms with Crippen LogP contribution in [-0.4, -0.2) is 17.3 Å². The van der Waals surface area contributed by atoms with Crippen molar-refractivity contribution in [2.24, 2.45) is 5.41 Å². The predicted molar refractivity (Wildman–Crippen MR) is 54.0 cm³/mol. The van der Waals surface area contributed by atoms with E-state index in [0.717, 1.165) is 0 Å². The molecular weight excluding hydrogens is 180 g/mol. The molecule has 0 heterocycles. The van der Waals surface area contributed by atoms with Gasteiger partial charge in [0.2, 0.25) is 0 Å². The van der Waals surface area contributed by atoms with Gasteiger partial charge in [-0.2, -0.15) is 0 Å². The minimum atomic E-state index is -0.624. The van der Waals surface area contributed by atoms with E-state index >= 15 is 0 Å². The minimum absolute atomic E-state index is 0.00572. The molecule has 0 aliphatic heterocycles. The number of Topliss-reactive ketones (excluding diaryl/α,β-unsaturated/α-hetero) is 3. The summed E-state index contributed by atoms with van der Waals surface area (Å²) in [6, 6.07) is 0. The first-order valence-electron chi connectivity index (χ1n) is 4.78. The Morgan fingerprint density at radius 2 is 1.43 bits per heavy atom. The van der Waals surface area contributed by atoms with Crippen LogP contribution >= 0.6 is 0 Å². The molecule has 0 saturated heterocycles. The van der Waals surface area contributed by atoms with E-state index in [1.807, 2.05) is 0 Å². The van der Waals surface area contributed by atoms with Crippen molar-refractivity contribution in [1.82, 2.24) is 0 Å². The molecule has 0 atom stereocenters. The number of carbonyl (C=O) groups excluding carboxylic acids is 3. The van der Waals surface area contributed by atoms with Crippen LogP contribution in [0.15, 0.2) is 0 Å². The van der Waals surface area contributed by atoms with Gasteiger partial charge in [-0.05, 0) is 13.8 Å². The maximum atomic E-state index is 11.6. The topological polar surface area (TPSA) is 51.2 Å². The second kappa shape index (κ2) is 5.03. The first-order valence-corrected chi connectivity index (χ1v) is 4.78. The monoisotopic (exact) mass is 198 g/mol. The van der Waals surface area contributed by atoms with Crippen LogP contribution in [0.5, 0.6) is 0 Å². The average molecular weight is 198 g/mol. The van der Waals surface area contributed by atoms with Gasteiger partial charge < -0.3 is 4.79 Å². The molecule has 0 saturated carbocycles. The summed E-state index contributed by atoms with van der Waals surface area (Å²) in [7, 11) is 0. The largest absolute Gasteiger partial charge is 0.300 e. The Balaban J connectivity index is 4.21. The Kier molecular flexibility index (Phi) is 4.68. The van der Waals surface area contributed by atoms with Gasteiger partial charge in [-0.3, -0.25) is 9.59 Å². The summed E-state index contributed by atoms with van der Waals surface area (Å²) in [4.78, 5) is 33.2. The first-order chi connectivity index (χ1) is 6.25. The number of carbonyl (C=O) groups is 3. The van der Waals surface area contributed by atoms with E-state index in [9.17, 15) is 14.4 Å². The van der Waals surface area contributed by atoms with Gasteiger partial charge in [0.05, 0.1) is 0 Å². The van der Waals surface area contributed by atoms with Gasteiger partial charge in [0, 0.05) is 24.7 Å². The van der Waals surface area contributed by atoms with E-state index in [2.05, 4.69) is 0 Å². The molecule has 3 heteroatoms. The minimum Gasteiger partial charge on any atom is -0.300 e. The third-order valence-electron chi connectivity index (χ3n) is 2.15. The molecule has 0 unspecified atom stereocenters. The Bertz CT molecular complexity index is 251. The van der Waals surface area contributed by atoms with Crippen molar-refractivity contribution in [2.45, 2.75) is 47.0 Å². The molecule has 0 aromatic rings. The smallest absolute Gasteiger partial charge is 0.139 e. The molecule has 3 nitrogen and oxygen atoms in total. The SMILES string of the molecule is CC(=O)CCC(=O)C(C)(C)CC(C)=O. The Labute approximate surface area is 84.9 Å². The highest BCUT2D eigenvalue weighted by Crippen LogP contribution is 2.24. The molecule has 0 aliphatic rings. The van der Waals surface area contributed by atoms with E-state index < -0.39 is 5.41 Å². The van der Waals surface area contributed by atoms with E-state index in [1.165, 1.54) is 13.8 Å². The van der Waals surface area contributed by atoms with Crippen LogP contribution < -0.4 is 0 Å². The van der Waals surface area contributed by atoms with E-state index in [4.69, 9.17) is 0 Å². The van der Waals surface area contributed by atoms with E-state index in [-0.39, 0.29) is 36.6 Å². The quantitative estimate of drug-likeness (QED) is 0.655. The molecule has 0 aromatic heterocycles.